The molecule has 0 spiro atoms. The summed E-state index contributed by atoms with van der Waals surface area (Å²) in [6, 6.07) is 0. The summed E-state index contributed by atoms with van der Waals surface area (Å²) in [5.41, 5.74) is 0. The molecule has 0 aromatic rings. The quantitative estimate of drug-likeness (QED) is 0.717. The molecule has 112 valence electrons. The molecule has 0 radical (unpaired) electrons. The van der Waals surface area contributed by atoms with Gasteiger partial charge in [-0.2, -0.15) is 0 Å². The molecule has 5 nitrogen and oxygen atoms in total. The summed E-state index contributed by atoms with van der Waals surface area (Å²) in [5.74, 6) is 0.474. The van der Waals surface area contributed by atoms with Gasteiger partial charge in [-0.25, -0.2) is 12.7 Å². The highest BCUT2D eigenvalue weighted by atomic mass is 32.2. The van der Waals surface area contributed by atoms with Gasteiger partial charge in [-0.3, -0.25) is 0 Å². The average Bonchev–Trinajstić information content (AvgIpc) is 2.87. The fraction of sp³-hybridized carbons (Fsp3) is 1.00. The number of rotatable bonds is 6. The number of sulfonamides is 1. The van der Waals surface area contributed by atoms with Crippen molar-refractivity contribution >= 4 is 10.0 Å². The predicted molar refractivity (Wildman–Crippen MR) is 77.7 cm³/mol. The Labute approximate surface area is 117 Å². The van der Waals surface area contributed by atoms with Crippen LogP contribution in [0.15, 0.2) is 0 Å². The molecule has 0 amide bonds. The van der Waals surface area contributed by atoms with Crippen molar-refractivity contribution < 1.29 is 8.42 Å². The second-order valence-corrected chi connectivity index (χ2v) is 7.86. The van der Waals surface area contributed by atoms with Crippen LogP contribution in [0.3, 0.4) is 0 Å². The zero-order valence-electron chi connectivity index (χ0n) is 12.0. The van der Waals surface area contributed by atoms with Crippen molar-refractivity contribution in [3.05, 3.63) is 0 Å². The Morgan fingerprint density at radius 2 is 1.89 bits per heavy atom. The van der Waals surface area contributed by atoms with Gasteiger partial charge in [0.1, 0.15) is 0 Å². The molecule has 2 saturated heterocycles. The van der Waals surface area contributed by atoms with Crippen LogP contribution in [0, 0.1) is 5.92 Å². The van der Waals surface area contributed by atoms with E-state index in [0.29, 0.717) is 19.0 Å². The van der Waals surface area contributed by atoms with E-state index in [1.807, 2.05) is 0 Å². The van der Waals surface area contributed by atoms with Gasteiger partial charge in [0.15, 0.2) is 0 Å². The number of likely N-dealkylation sites (tertiary alicyclic amines) is 1. The first-order chi connectivity index (χ1) is 9.05. The third kappa shape index (κ3) is 5.02. The van der Waals surface area contributed by atoms with Crippen molar-refractivity contribution in [2.24, 2.45) is 5.92 Å². The summed E-state index contributed by atoms with van der Waals surface area (Å²) in [5, 5.41) is 3.49. The zero-order chi connectivity index (χ0) is 13.7. The predicted octanol–water partition coefficient (Wildman–Crippen LogP) is 0.343. The van der Waals surface area contributed by atoms with Gasteiger partial charge in [-0.1, -0.05) is 0 Å². The molecule has 6 heteroatoms. The van der Waals surface area contributed by atoms with E-state index in [9.17, 15) is 8.42 Å². The van der Waals surface area contributed by atoms with Crippen LogP contribution in [0.5, 0.6) is 0 Å². The second kappa shape index (κ2) is 7.02. The first kappa shape index (κ1) is 15.2. The molecule has 0 aliphatic carbocycles. The van der Waals surface area contributed by atoms with Crippen LogP contribution in [-0.2, 0) is 10.0 Å². The van der Waals surface area contributed by atoms with Gasteiger partial charge in [-0.05, 0) is 51.2 Å². The molecular formula is C13H27N3O2S. The summed E-state index contributed by atoms with van der Waals surface area (Å²) in [7, 11) is -3.01. The number of hydrogen-bond acceptors (Lipinski definition) is 4. The van der Waals surface area contributed by atoms with Crippen LogP contribution >= 0.6 is 0 Å². The zero-order valence-corrected chi connectivity index (χ0v) is 12.8. The highest BCUT2D eigenvalue weighted by molar-refractivity contribution is 7.88. The molecule has 0 aromatic carbocycles. The minimum atomic E-state index is -3.01. The summed E-state index contributed by atoms with van der Waals surface area (Å²) in [6.45, 7) is 6.97. The molecule has 2 aliphatic heterocycles. The molecule has 2 heterocycles. The van der Waals surface area contributed by atoms with Crippen LogP contribution in [0.4, 0.5) is 0 Å². The maximum atomic E-state index is 11.5. The van der Waals surface area contributed by atoms with Crippen LogP contribution in [0.25, 0.3) is 0 Å². The summed E-state index contributed by atoms with van der Waals surface area (Å²) >= 11 is 0. The van der Waals surface area contributed by atoms with Gasteiger partial charge in [0.05, 0.1) is 6.26 Å². The topological polar surface area (TPSA) is 52.7 Å². The summed E-state index contributed by atoms with van der Waals surface area (Å²) in [6.07, 6.45) is 6.13. The van der Waals surface area contributed by atoms with Crippen molar-refractivity contribution in [1.82, 2.24) is 14.5 Å². The molecule has 1 atom stereocenters. The number of piperidine rings is 1. The number of nitrogens with one attached hydrogen (secondary N) is 1. The monoisotopic (exact) mass is 289 g/mol. The summed E-state index contributed by atoms with van der Waals surface area (Å²) < 4.78 is 24.7. The third-order valence-electron chi connectivity index (χ3n) is 4.19. The van der Waals surface area contributed by atoms with E-state index in [4.69, 9.17) is 0 Å². The lowest BCUT2D eigenvalue weighted by Crippen LogP contribution is -2.43. The molecular weight excluding hydrogens is 262 g/mol. The standard InChI is InChI=1S/C13H27N3O2S/c1-19(17,18)16-9-4-5-13(12-16)11-14-6-10-15-7-2-3-8-15/h13-14H,2-12H2,1H3. The molecule has 2 fully saturated rings. The van der Waals surface area contributed by atoms with Gasteiger partial charge in [0.25, 0.3) is 0 Å². The fourth-order valence-corrected chi connectivity index (χ4v) is 3.99. The van der Waals surface area contributed by atoms with Gasteiger partial charge in [-0.15, -0.1) is 0 Å². The fourth-order valence-electron chi connectivity index (χ4n) is 3.04. The van der Waals surface area contributed by atoms with E-state index >= 15 is 0 Å². The van der Waals surface area contributed by atoms with E-state index in [2.05, 4.69) is 10.2 Å². The van der Waals surface area contributed by atoms with E-state index in [-0.39, 0.29) is 0 Å². The van der Waals surface area contributed by atoms with Crippen LogP contribution in [-0.4, -0.2) is 69.7 Å². The van der Waals surface area contributed by atoms with E-state index in [1.165, 1.54) is 32.2 Å². The SMILES string of the molecule is CS(=O)(=O)N1CCCC(CNCCN2CCCC2)C1. The first-order valence-electron chi connectivity index (χ1n) is 7.44. The van der Waals surface area contributed by atoms with Gasteiger partial charge in [0.2, 0.25) is 10.0 Å². The summed E-state index contributed by atoms with van der Waals surface area (Å²) in [4.78, 5) is 2.50. The van der Waals surface area contributed by atoms with Crippen LogP contribution < -0.4 is 5.32 Å². The largest absolute Gasteiger partial charge is 0.315 e. The van der Waals surface area contributed by atoms with Crippen molar-refractivity contribution in [1.29, 1.82) is 0 Å². The van der Waals surface area contributed by atoms with Crippen molar-refractivity contribution in [2.45, 2.75) is 25.7 Å². The molecule has 19 heavy (non-hydrogen) atoms. The molecule has 1 N–H and O–H groups in total. The highest BCUT2D eigenvalue weighted by Gasteiger charge is 2.25. The molecule has 1 unspecified atom stereocenters. The Hall–Kier alpha value is -0.170. The average molecular weight is 289 g/mol. The van der Waals surface area contributed by atoms with E-state index in [0.717, 1.165) is 32.5 Å². The lowest BCUT2D eigenvalue weighted by atomic mass is 10.00. The minimum Gasteiger partial charge on any atom is -0.315 e. The lowest BCUT2D eigenvalue weighted by molar-refractivity contribution is 0.256. The minimum absolute atomic E-state index is 0.474. The Morgan fingerprint density at radius 1 is 1.16 bits per heavy atom. The lowest BCUT2D eigenvalue weighted by Gasteiger charge is -2.31. The van der Waals surface area contributed by atoms with Crippen LogP contribution in [0.1, 0.15) is 25.7 Å². The molecule has 0 bridgehead atoms. The molecule has 0 saturated carbocycles. The normalized spacial score (nSPS) is 26.9. The molecule has 2 aliphatic rings. The maximum absolute atomic E-state index is 11.5. The Balaban J connectivity index is 1.62. The van der Waals surface area contributed by atoms with Crippen molar-refractivity contribution in [2.75, 3.05) is 52.1 Å². The maximum Gasteiger partial charge on any atom is 0.211 e. The van der Waals surface area contributed by atoms with E-state index in [1.54, 1.807) is 4.31 Å². The van der Waals surface area contributed by atoms with Gasteiger partial charge < -0.3 is 10.2 Å². The van der Waals surface area contributed by atoms with Gasteiger partial charge in [0, 0.05) is 26.2 Å². The Bertz CT molecular complexity index is 366. The number of nitrogens with zero attached hydrogens (tertiary/aromatic N) is 2. The smallest absolute Gasteiger partial charge is 0.211 e. The first-order valence-corrected chi connectivity index (χ1v) is 9.29. The van der Waals surface area contributed by atoms with Crippen LogP contribution in [0.2, 0.25) is 0 Å². The number of hydrogen-bond donors (Lipinski definition) is 1. The van der Waals surface area contributed by atoms with E-state index < -0.39 is 10.0 Å². The molecule has 0 aromatic heterocycles. The Kier molecular flexibility index (Phi) is 5.62. The highest BCUT2D eigenvalue weighted by Crippen LogP contribution is 2.17. The van der Waals surface area contributed by atoms with Crippen molar-refractivity contribution in [3.63, 3.8) is 0 Å². The van der Waals surface area contributed by atoms with Crippen molar-refractivity contribution in [3.8, 4) is 0 Å². The van der Waals surface area contributed by atoms with Gasteiger partial charge >= 0.3 is 0 Å². The Morgan fingerprint density at radius 3 is 2.58 bits per heavy atom. The molecule has 2 rings (SSSR count). The second-order valence-electron chi connectivity index (χ2n) is 5.88. The third-order valence-corrected chi connectivity index (χ3v) is 5.46.